The van der Waals surface area contributed by atoms with E-state index in [2.05, 4.69) is 5.16 Å². The minimum atomic E-state index is -1.07. The maximum atomic E-state index is 10.8. The van der Waals surface area contributed by atoms with Crippen LogP contribution in [0.4, 0.5) is 0 Å². The third kappa shape index (κ3) is 1.66. The van der Waals surface area contributed by atoms with Crippen molar-refractivity contribution in [3.8, 4) is 10.6 Å². The molecule has 0 unspecified atom stereocenters. The summed E-state index contributed by atoms with van der Waals surface area (Å²) in [5, 5.41) is 14.6. The van der Waals surface area contributed by atoms with Gasteiger partial charge in [0.15, 0.2) is 0 Å². The zero-order valence-corrected chi connectivity index (χ0v) is 8.87. The number of hydrogen-bond donors (Lipinski definition) is 1. The number of carboxylic acid groups (broad SMARTS) is 1. The quantitative estimate of drug-likeness (QED) is 0.868. The summed E-state index contributed by atoms with van der Waals surface area (Å²) >= 11 is 1.52. The van der Waals surface area contributed by atoms with Gasteiger partial charge >= 0.3 is 5.97 Å². The molecule has 0 aliphatic carbocycles. The van der Waals surface area contributed by atoms with Crippen molar-refractivity contribution in [3.05, 3.63) is 28.8 Å². The minimum Gasteiger partial charge on any atom is -0.475 e. The molecule has 15 heavy (non-hydrogen) atoms. The van der Waals surface area contributed by atoms with E-state index in [9.17, 15) is 4.79 Å². The zero-order valence-electron chi connectivity index (χ0n) is 8.06. The first-order valence-electron chi connectivity index (χ1n) is 4.49. The number of aromatic nitrogens is 1. The van der Waals surface area contributed by atoms with Gasteiger partial charge in [-0.1, -0.05) is 18.1 Å². The van der Waals surface area contributed by atoms with Crippen molar-refractivity contribution < 1.29 is 14.4 Å². The number of nitrogens with zero attached hydrogens (tertiary/aromatic N) is 1. The molecule has 0 aliphatic heterocycles. The van der Waals surface area contributed by atoms with Crippen LogP contribution < -0.4 is 0 Å². The average molecular weight is 223 g/mol. The molecule has 78 valence electrons. The number of carboxylic acids is 1. The maximum Gasteiger partial charge on any atom is 0.375 e. The molecule has 2 rings (SSSR count). The smallest absolute Gasteiger partial charge is 0.375 e. The summed E-state index contributed by atoms with van der Waals surface area (Å²) in [6.07, 6.45) is 0.596. The lowest BCUT2D eigenvalue weighted by atomic mass is 10.1. The highest BCUT2D eigenvalue weighted by atomic mass is 32.1. The molecular weight excluding hydrogens is 214 g/mol. The first kappa shape index (κ1) is 9.92. The topological polar surface area (TPSA) is 63.3 Å². The molecule has 0 spiro atoms. The second-order valence-electron chi connectivity index (χ2n) is 2.97. The molecule has 2 heterocycles. The normalized spacial score (nSPS) is 10.5. The van der Waals surface area contributed by atoms with Gasteiger partial charge in [-0.15, -0.1) is 11.3 Å². The van der Waals surface area contributed by atoms with E-state index >= 15 is 0 Å². The van der Waals surface area contributed by atoms with Crippen LogP contribution in [0.15, 0.2) is 22.0 Å². The van der Waals surface area contributed by atoms with Crippen molar-refractivity contribution in [2.45, 2.75) is 13.3 Å². The third-order valence-electron chi connectivity index (χ3n) is 2.09. The molecule has 5 heteroatoms. The fourth-order valence-corrected chi connectivity index (χ4v) is 2.15. The van der Waals surface area contributed by atoms with Gasteiger partial charge in [-0.2, -0.15) is 0 Å². The molecule has 0 saturated carbocycles. The Morgan fingerprint density at radius 1 is 1.67 bits per heavy atom. The van der Waals surface area contributed by atoms with E-state index in [1.807, 2.05) is 24.4 Å². The second kappa shape index (κ2) is 3.86. The summed E-state index contributed by atoms with van der Waals surface area (Å²) in [4.78, 5) is 11.8. The predicted molar refractivity (Wildman–Crippen MR) is 56.2 cm³/mol. The van der Waals surface area contributed by atoms with E-state index in [1.54, 1.807) is 0 Å². The summed E-state index contributed by atoms with van der Waals surface area (Å²) in [5.41, 5.74) is 1.30. The SMILES string of the molecule is CCc1c(-c2cccs2)noc1C(=O)O. The van der Waals surface area contributed by atoms with E-state index in [0.717, 1.165) is 4.88 Å². The highest BCUT2D eigenvalue weighted by Crippen LogP contribution is 2.29. The molecule has 0 amide bonds. The highest BCUT2D eigenvalue weighted by molar-refractivity contribution is 7.13. The lowest BCUT2D eigenvalue weighted by Gasteiger charge is -1.94. The van der Waals surface area contributed by atoms with Crippen LogP contribution in [0, 0.1) is 0 Å². The summed E-state index contributed by atoms with van der Waals surface area (Å²) < 4.78 is 4.83. The highest BCUT2D eigenvalue weighted by Gasteiger charge is 2.21. The van der Waals surface area contributed by atoms with Crippen molar-refractivity contribution in [1.82, 2.24) is 5.16 Å². The molecule has 0 atom stereocenters. The van der Waals surface area contributed by atoms with Crippen LogP contribution in [0.2, 0.25) is 0 Å². The Bertz CT molecular complexity index is 473. The van der Waals surface area contributed by atoms with Gasteiger partial charge in [-0.05, 0) is 17.9 Å². The van der Waals surface area contributed by atoms with Gasteiger partial charge in [0, 0.05) is 5.56 Å². The molecule has 4 nitrogen and oxygen atoms in total. The van der Waals surface area contributed by atoms with E-state index in [1.165, 1.54) is 11.3 Å². The van der Waals surface area contributed by atoms with Gasteiger partial charge in [0.05, 0.1) is 4.88 Å². The Labute approximate surface area is 90.1 Å². The summed E-state index contributed by atoms with van der Waals surface area (Å²) in [6.45, 7) is 1.88. The number of aromatic carboxylic acids is 1. The Hall–Kier alpha value is -1.62. The number of rotatable bonds is 3. The van der Waals surface area contributed by atoms with Crippen LogP contribution in [-0.4, -0.2) is 16.2 Å². The lowest BCUT2D eigenvalue weighted by Crippen LogP contribution is -1.98. The summed E-state index contributed by atoms with van der Waals surface area (Å²) in [7, 11) is 0. The van der Waals surface area contributed by atoms with Crippen LogP contribution in [-0.2, 0) is 6.42 Å². The van der Waals surface area contributed by atoms with E-state index < -0.39 is 5.97 Å². The molecule has 0 fully saturated rings. The first-order chi connectivity index (χ1) is 7.24. The minimum absolute atomic E-state index is 0.0547. The maximum absolute atomic E-state index is 10.8. The molecule has 1 N–H and O–H groups in total. The van der Waals surface area contributed by atoms with E-state index in [0.29, 0.717) is 17.7 Å². The van der Waals surface area contributed by atoms with Crippen LogP contribution in [0.3, 0.4) is 0 Å². The van der Waals surface area contributed by atoms with Gasteiger partial charge < -0.3 is 9.63 Å². The van der Waals surface area contributed by atoms with Gasteiger partial charge in [0.1, 0.15) is 5.69 Å². The van der Waals surface area contributed by atoms with Gasteiger partial charge in [0.25, 0.3) is 0 Å². The average Bonchev–Trinajstić information content (AvgIpc) is 2.85. The Kier molecular flexibility index (Phi) is 2.55. The fourth-order valence-electron chi connectivity index (χ4n) is 1.41. The van der Waals surface area contributed by atoms with Crippen LogP contribution in [0.1, 0.15) is 23.0 Å². The first-order valence-corrected chi connectivity index (χ1v) is 5.37. The van der Waals surface area contributed by atoms with Crippen molar-refractivity contribution in [1.29, 1.82) is 0 Å². The van der Waals surface area contributed by atoms with E-state index in [-0.39, 0.29) is 5.76 Å². The van der Waals surface area contributed by atoms with Gasteiger partial charge in [-0.25, -0.2) is 4.79 Å². The monoisotopic (exact) mass is 223 g/mol. The standard InChI is InChI=1S/C10H9NO3S/c1-2-6-8(7-4-3-5-15-7)11-14-9(6)10(12)13/h3-5H,2H2,1H3,(H,12,13). The molecule has 0 bridgehead atoms. The lowest BCUT2D eigenvalue weighted by molar-refractivity contribution is 0.0650. The molecule has 0 aromatic carbocycles. The van der Waals surface area contributed by atoms with Crippen molar-refractivity contribution in [2.24, 2.45) is 0 Å². The molecule has 2 aromatic heterocycles. The molecule has 0 radical (unpaired) electrons. The second-order valence-corrected chi connectivity index (χ2v) is 3.92. The van der Waals surface area contributed by atoms with Crippen molar-refractivity contribution in [3.63, 3.8) is 0 Å². The van der Waals surface area contributed by atoms with Crippen molar-refractivity contribution >= 4 is 17.3 Å². The zero-order chi connectivity index (χ0) is 10.8. The fraction of sp³-hybridized carbons (Fsp3) is 0.200. The third-order valence-corrected chi connectivity index (χ3v) is 2.97. The summed E-state index contributed by atoms with van der Waals surface area (Å²) in [6, 6.07) is 3.79. The largest absolute Gasteiger partial charge is 0.475 e. The van der Waals surface area contributed by atoms with Gasteiger partial charge in [-0.3, -0.25) is 0 Å². The van der Waals surface area contributed by atoms with Gasteiger partial charge in [0.2, 0.25) is 5.76 Å². The van der Waals surface area contributed by atoms with Crippen LogP contribution in [0.25, 0.3) is 10.6 Å². The van der Waals surface area contributed by atoms with Crippen LogP contribution in [0.5, 0.6) is 0 Å². The predicted octanol–water partition coefficient (Wildman–Crippen LogP) is 2.66. The molecule has 0 saturated heterocycles. The Morgan fingerprint density at radius 3 is 3.00 bits per heavy atom. The Balaban J connectivity index is 2.54. The molecule has 2 aromatic rings. The van der Waals surface area contributed by atoms with Crippen molar-refractivity contribution in [2.75, 3.05) is 0 Å². The number of thiophene rings is 1. The Morgan fingerprint density at radius 2 is 2.47 bits per heavy atom. The summed E-state index contributed by atoms with van der Waals surface area (Å²) in [5.74, 6) is -1.12. The van der Waals surface area contributed by atoms with E-state index in [4.69, 9.17) is 9.63 Å². The number of carbonyl (C=O) groups is 1. The molecule has 0 aliphatic rings. The van der Waals surface area contributed by atoms with Crippen LogP contribution >= 0.6 is 11.3 Å². The number of hydrogen-bond acceptors (Lipinski definition) is 4. The molecular formula is C10H9NO3S.